The zero-order valence-electron chi connectivity index (χ0n) is 14.7. The minimum absolute atomic E-state index is 0.0880. The number of esters is 1. The van der Waals surface area contributed by atoms with Crippen LogP contribution in [0.5, 0.6) is 0 Å². The highest BCUT2D eigenvalue weighted by Crippen LogP contribution is 2.30. The molecule has 1 aromatic carbocycles. The van der Waals surface area contributed by atoms with Gasteiger partial charge in [0.05, 0.1) is 35.1 Å². The number of halogens is 1. The van der Waals surface area contributed by atoms with Crippen molar-refractivity contribution < 1.29 is 27.5 Å². The minimum atomic E-state index is -3.72. The number of hydrogen-bond donors (Lipinski definition) is 0. The van der Waals surface area contributed by atoms with Crippen LogP contribution in [0.4, 0.5) is 5.69 Å². The third-order valence-electron chi connectivity index (χ3n) is 4.81. The van der Waals surface area contributed by atoms with E-state index < -0.39 is 15.9 Å². The molecule has 2 amide bonds. The van der Waals surface area contributed by atoms with Crippen LogP contribution in [0.1, 0.15) is 29.6 Å². The van der Waals surface area contributed by atoms with E-state index in [1.54, 1.807) is 4.90 Å². The van der Waals surface area contributed by atoms with E-state index in [0.717, 1.165) is 4.31 Å². The van der Waals surface area contributed by atoms with Gasteiger partial charge in [-0.1, -0.05) is 11.6 Å². The number of ether oxygens (including phenoxy) is 1. The van der Waals surface area contributed by atoms with Crippen molar-refractivity contribution in [1.29, 1.82) is 0 Å². The molecule has 1 aromatic rings. The van der Waals surface area contributed by atoms with Gasteiger partial charge >= 0.3 is 5.97 Å². The largest absolute Gasteiger partial charge is 0.469 e. The van der Waals surface area contributed by atoms with Gasteiger partial charge in [-0.3, -0.25) is 14.4 Å². The molecule has 0 aliphatic carbocycles. The molecular formula is C17H19ClN2O6S. The predicted octanol–water partition coefficient (Wildman–Crippen LogP) is 1.43. The first-order valence-corrected chi connectivity index (χ1v) is 10.5. The lowest BCUT2D eigenvalue weighted by Crippen LogP contribution is -2.40. The number of piperidine rings is 1. The van der Waals surface area contributed by atoms with Gasteiger partial charge in [0.1, 0.15) is 0 Å². The molecule has 2 saturated heterocycles. The summed E-state index contributed by atoms with van der Waals surface area (Å²) in [6, 6.07) is 4.15. The van der Waals surface area contributed by atoms with Crippen molar-refractivity contribution in [3.63, 3.8) is 0 Å². The van der Waals surface area contributed by atoms with Gasteiger partial charge in [0.15, 0.2) is 0 Å². The van der Waals surface area contributed by atoms with Crippen LogP contribution in [0, 0.1) is 5.92 Å². The first-order chi connectivity index (χ1) is 12.7. The number of carbonyl (C=O) groups is 3. The molecule has 2 fully saturated rings. The number of anilines is 1. The molecule has 0 spiro atoms. The fraction of sp³-hybridized carbons (Fsp3) is 0.471. The fourth-order valence-electron chi connectivity index (χ4n) is 3.33. The first kappa shape index (κ1) is 19.6. The molecule has 0 unspecified atom stereocenters. The molecule has 27 heavy (non-hydrogen) atoms. The Morgan fingerprint density at radius 2 is 1.89 bits per heavy atom. The van der Waals surface area contributed by atoms with Gasteiger partial charge in [0.2, 0.25) is 15.9 Å². The quantitative estimate of drug-likeness (QED) is 0.693. The molecule has 3 rings (SSSR count). The lowest BCUT2D eigenvalue weighted by Gasteiger charge is -2.31. The van der Waals surface area contributed by atoms with Crippen LogP contribution in [0.15, 0.2) is 18.2 Å². The lowest BCUT2D eigenvalue weighted by molar-refractivity contribution is -0.146. The van der Waals surface area contributed by atoms with Gasteiger partial charge < -0.3 is 9.64 Å². The lowest BCUT2D eigenvalue weighted by atomic mass is 9.96. The summed E-state index contributed by atoms with van der Waals surface area (Å²) in [7, 11) is -2.39. The summed E-state index contributed by atoms with van der Waals surface area (Å²) in [5.74, 6) is -1.68. The molecule has 0 saturated carbocycles. The summed E-state index contributed by atoms with van der Waals surface area (Å²) < 4.78 is 29.7. The molecule has 10 heteroatoms. The van der Waals surface area contributed by atoms with E-state index in [4.69, 9.17) is 16.3 Å². The number of benzene rings is 1. The maximum absolute atomic E-state index is 12.8. The van der Waals surface area contributed by atoms with Gasteiger partial charge in [0, 0.05) is 19.5 Å². The Bertz CT molecular complexity index is 893. The molecule has 8 nitrogen and oxygen atoms in total. The monoisotopic (exact) mass is 414 g/mol. The second-order valence-corrected chi connectivity index (χ2v) is 8.82. The van der Waals surface area contributed by atoms with Crippen molar-refractivity contribution in [3.05, 3.63) is 28.8 Å². The molecule has 0 atom stereocenters. The number of hydrogen-bond acceptors (Lipinski definition) is 6. The zero-order valence-corrected chi connectivity index (χ0v) is 16.3. The Balaban J connectivity index is 1.82. The number of sulfonamides is 1. The molecule has 0 radical (unpaired) electrons. The van der Waals surface area contributed by atoms with Gasteiger partial charge in [-0.15, -0.1) is 0 Å². The Labute approximate surface area is 162 Å². The maximum Gasteiger partial charge on any atom is 0.308 e. The number of likely N-dealkylation sites (tertiary alicyclic amines) is 1. The third-order valence-corrected chi connectivity index (χ3v) is 6.83. The molecule has 0 N–H and O–H groups in total. The Hall–Kier alpha value is -2.13. The number of rotatable bonds is 3. The van der Waals surface area contributed by atoms with E-state index in [1.165, 1.54) is 25.3 Å². The van der Waals surface area contributed by atoms with E-state index in [9.17, 15) is 22.8 Å². The van der Waals surface area contributed by atoms with Gasteiger partial charge in [-0.05, 0) is 31.0 Å². The fourth-order valence-corrected chi connectivity index (χ4v) is 4.98. The smallest absolute Gasteiger partial charge is 0.308 e. The summed E-state index contributed by atoms with van der Waals surface area (Å²) >= 11 is 6.15. The summed E-state index contributed by atoms with van der Waals surface area (Å²) in [6.45, 7) is 0.722. The second kappa shape index (κ2) is 7.47. The standard InChI is InChI=1S/C17H19ClN2O6S/c1-26-17(23)11-4-7-19(8-5-11)16(22)13-10-12(2-3-14(13)18)20-15(21)6-9-27(20,24)25/h2-3,10-11H,4-9H2,1H3. The van der Waals surface area contributed by atoms with Crippen molar-refractivity contribution in [3.8, 4) is 0 Å². The van der Waals surface area contributed by atoms with Gasteiger partial charge in [0.25, 0.3) is 5.91 Å². The summed E-state index contributed by atoms with van der Waals surface area (Å²) in [4.78, 5) is 38.0. The zero-order chi connectivity index (χ0) is 19.8. The van der Waals surface area contributed by atoms with Crippen LogP contribution in [0.3, 0.4) is 0 Å². The average molecular weight is 415 g/mol. The molecule has 2 heterocycles. The van der Waals surface area contributed by atoms with E-state index in [0.29, 0.717) is 25.9 Å². The van der Waals surface area contributed by atoms with Crippen LogP contribution in [-0.4, -0.2) is 57.1 Å². The molecule has 146 valence electrons. The number of carbonyl (C=O) groups excluding carboxylic acids is 3. The average Bonchev–Trinajstić information content (AvgIpc) is 2.94. The van der Waals surface area contributed by atoms with E-state index in [2.05, 4.69) is 0 Å². The van der Waals surface area contributed by atoms with Crippen LogP contribution < -0.4 is 4.31 Å². The highest BCUT2D eigenvalue weighted by Gasteiger charge is 2.37. The Kier molecular flexibility index (Phi) is 5.43. The number of nitrogens with zero attached hydrogens (tertiary/aromatic N) is 2. The van der Waals surface area contributed by atoms with Crippen LogP contribution >= 0.6 is 11.6 Å². The SMILES string of the molecule is COC(=O)C1CCN(C(=O)c2cc(N3C(=O)CCS3(=O)=O)ccc2Cl)CC1. The van der Waals surface area contributed by atoms with E-state index in [1.807, 2.05) is 0 Å². The van der Waals surface area contributed by atoms with Crippen LogP contribution in [0.25, 0.3) is 0 Å². The maximum atomic E-state index is 12.8. The van der Waals surface area contributed by atoms with E-state index in [-0.39, 0.29) is 46.2 Å². The third kappa shape index (κ3) is 3.79. The molecule has 0 aromatic heterocycles. The van der Waals surface area contributed by atoms with Crippen molar-refractivity contribution in [2.75, 3.05) is 30.3 Å². The Morgan fingerprint density at radius 1 is 1.22 bits per heavy atom. The van der Waals surface area contributed by atoms with Crippen molar-refractivity contribution in [2.24, 2.45) is 5.92 Å². The summed E-state index contributed by atoms with van der Waals surface area (Å²) in [5.41, 5.74) is 0.232. The van der Waals surface area contributed by atoms with Crippen molar-refractivity contribution >= 4 is 45.1 Å². The highest BCUT2D eigenvalue weighted by atomic mass is 35.5. The number of methoxy groups -OCH3 is 1. The van der Waals surface area contributed by atoms with E-state index >= 15 is 0 Å². The van der Waals surface area contributed by atoms with Gasteiger partial charge in [-0.25, -0.2) is 12.7 Å². The highest BCUT2D eigenvalue weighted by molar-refractivity contribution is 7.94. The molecule has 2 aliphatic heterocycles. The van der Waals surface area contributed by atoms with Crippen LogP contribution in [-0.2, 0) is 24.3 Å². The first-order valence-electron chi connectivity index (χ1n) is 8.47. The normalized spacial score (nSPS) is 20.0. The molecular weight excluding hydrogens is 396 g/mol. The summed E-state index contributed by atoms with van der Waals surface area (Å²) in [5, 5.41) is 0.169. The predicted molar refractivity (Wildman–Crippen MR) is 98.0 cm³/mol. The Morgan fingerprint density at radius 3 is 2.44 bits per heavy atom. The topological polar surface area (TPSA) is 101 Å². The number of amides is 2. The van der Waals surface area contributed by atoms with Crippen LogP contribution in [0.2, 0.25) is 5.02 Å². The molecule has 2 aliphatic rings. The van der Waals surface area contributed by atoms with Crippen molar-refractivity contribution in [1.82, 2.24) is 4.90 Å². The van der Waals surface area contributed by atoms with Gasteiger partial charge in [-0.2, -0.15) is 0 Å². The minimum Gasteiger partial charge on any atom is -0.469 e. The van der Waals surface area contributed by atoms with Crippen molar-refractivity contribution in [2.45, 2.75) is 19.3 Å². The molecule has 0 bridgehead atoms. The summed E-state index contributed by atoms with van der Waals surface area (Å²) in [6.07, 6.45) is 0.874. The second-order valence-electron chi connectivity index (χ2n) is 6.48.